The third kappa shape index (κ3) is 2.40. The Morgan fingerprint density at radius 3 is 2.41 bits per heavy atom. The van der Waals surface area contributed by atoms with E-state index in [1.165, 1.54) is 31.2 Å². The summed E-state index contributed by atoms with van der Waals surface area (Å²) in [5.41, 5.74) is 2.94. The Morgan fingerprint density at radius 1 is 1.06 bits per heavy atom. The monoisotopic (exact) mass is 229 g/mol. The van der Waals surface area contributed by atoms with Crippen molar-refractivity contribution in [1.82, 2.24) is 5.32 Å². The molecule has 0 radical (unpaired) electrons. The number of rotatable bonds is 3. The molecule has 0 spiro atoms. The molecule has 0 atom stereocenters. The van der Waals surface area contributed by atoms with E-state index in [-0.39, 0.29) is 0 Å². The molecule has 2 saturated carbocycles. The van der Waals surface area contributed by atoms with Gasteiger partial charge in [0.2, 0.25) is 0 Å². The van der Waals surface area contributed by atoms with E-state index in [1.807, 2.05) is 0 Å². The molecule has 0 unspecified atom stereocenters. The Balaban J connectivity index is 1.48. The quantitative estimate of drug-likeness (QED) is 0.834. The van der Waals surface area contributed by atoms with Crippen LogP contribution in [0.5, 0.6) is 0 Å². The highest BCUT2D eigenvalue weighted by Crippen LogP contribution is 2.38. The minimum atomic E-state index is 0.790. The second-order valence-electron chi connectivity index (χ2n) is 6.22. The number of hydrogen-bond donors (Lipinski definition) is 1. The summed E-state index contributed by atoms with van der Waals surface area (Å²) < 4.78 is 0. The molecular formula is C16H23N. The molecule has 17 heavy (non-hydrogen) atoms. The van der Waals surface area contributed by atoms with Crippen LogP contribution >= 0.6 is 0 Å². The van der Waals surface area contributed by atoms with Crippen molar-refractivity contribution in [2.75, 3.05) is 0 Å². The standard InChI is InChI=1S/C16H23N/c1-11-4-3-5-13(6-11)14-9-16(10-14)17-15-7-12(2)8-15/h3-6,12,14-17H,7-10H2,1-2H3. The molecule has 1 nitrogen and oxygen atoms in total. The van der Waals surface area contributed by atoms with Crippen molar-refractivity contribution in [3.05, 3.63) is 35.4 Å². The van der Waals surface area contributed by atoms with Crippen molar-refractivity contribution >= 4 is 0 Å². The molecule has 2 aliphatic rings. The predicted octanol–water partition coefficient (Wildman–Crippen LogP) is 3.63. The summed E-state index contributed by atoms with van der Waals surface area (Å²) in [5.74, 6) is 1.77. The molecule has 2 fully saturated rings. The van der Waals surface area contributed by atoms with Crippen LogP contribution in [0.15, 0.2) is 24.3 Å². The van der Waals surface area contributed by atoms with E-state index < -0.39 is 0 Å². The van der Waals surface area contributed by atoms with Gasteiger partial charge in [-0.15, -0.1) is 0 Å². The number of nitrogens with one attached hydrogen (secondary N) is 1. The third-order valence-corrected chi connectivity index (χ3v) is 4.50. The fourth-order valence-electron chi connectivity index (χ4n) is 3.32. The van der Waals surface area contributed by atoms with Crippen LogP contribution in [0.1, 0.15) is 49.7 Å². The normalized spacial score (nSPS) is 36.1. The molecule has 2 aliphatic carbocycles. The van der Waals surface area contributed by atoms with Gasteiger partial charge in [0.15, 0.2) is 0 Å². The maximum Gasteiger partial charge on any atom is 0.00813 e. The minimum Gasteiger partial charge on any atom is -0.311 e. The van der Waals surface area contributed by atoms with Crippen molar-refractivity contribution in [2.24, 2.45) is 5.92 Å². The largest absolute Gasteiger partial charge is 0.311 e. The predicted molar refractivity (Wildman–Crippen MR) is 72.3 cm³/mol. The molecular weight excluding hydrogens is 206 g/mol. The highest BCUT2D eigenvalue weighted by molar-refractivity contribution is 5.27. The second-order valence-corrected chi connectivity index (χ2v) is 6.22. The van der Waals surface area contributed by atoms with Crippen molar-refractivity contribution in [1.29, 1.82) is 0 Å². The van der Waals surface area contributed by atoms with Gasteiger partial charge in [-0.05, 0) is 50.0 Å². The molecule has 0 saturated heterocycles. The van der Waals surface area contributed by atoms with Gasteiger partial charge >= 0.3 is 0 Å². The van der Waals surface area contributed by atoms with E-state index in [2.05, 4.69) is 43.4 Å². The van der Waals surface area contributed by atoms with E-state index in [9.17, 15) is 0 Å². The first kappa shape index (κ1) is 11.3. The van der Waals surface area contributed by atoms with Gasteiger partial charge in [-0.3, -0.25) is 0 Å². The fraction of sp³-hybridized carbons (Fsp3) is 0.625. The first-order valence-corrected chi connectivity index (χ1v) is 7.03. The van der Waals surface area contributed by atoms with E-state index in [0.29, 0.717) is 0 Å². The van der Waals surface area contributed by atoms with Crippen LogP contribution in [0.25, 0.3) is 0 Å². The summed E-state index contributed by atoms with van der Waals surface area (Å²) in [6, 6.07) is 10.6. The highest BCUT2D eigenvalue weighted by Gasteiger charge is 2.34. The second kappa shape index (κ2) is 4.45. The molecule has 0 amide bonds. The molecule has 3 rings (SSSR count). The van der Waals surface area contributed by atoms with Crippen LogP contribution in [0.4, 0.5) is 0 Å². The van der Waals surface area contributed by atoms with Crippen LogP contribution in [0, 0.1) is 12.8 Å². The fourth-order valence-corrected chi connectivity index (χ4v) is 3.32. The zero-order valence-electron chi connectivity index (χ0n) is 10.9. The maximum atomic E-state index is 3.80. The van der Waals surface area contributed by atoms with Gasteiger partial charge in [0.1, 0.15) is 0 Å². The van der Waals surface area contributed by atoms with Gasteiger partial charge in [0.05, 0.1) is 0 Å². The van der Waals surface area contributed by atoms with Crippen molar-refractivity contribution in [2.45, 2.75) is 57.5 Å². The Kier molecular flexibility index (Phi) is 2.96. The summed E-state index contributed by atoms with van der Waals surface area (Å²) in [4.78, 5) is 0. The molecule has 0 heterocycles. The van der Waals surface area contributed by atoms with Crippen molar-refractivity contribution < 1.29 is 0 Å². The summed E-state index contributed by atoms with van der Waals surface area (Å²) >= 11 is 0. The molecule has 1 aromatic carbocycles. The molecule has 1 N–H and O–H groups in total. The Labute approximate surface area is 105 Å². The lowest BCUT2D eigenvalue weighted by Gasteiger charge is -2.43. The topological polar surface area (TPSA) is 12.0 Å². The number of benzene rings is 1. The van der Waals surface area contributed by atoms with Crippen LogP contribution < -0.4 is 5.32 Å². The number of aryl methyl sites for hydroxylation is 1. The van der Waals surface area contributed by atoms with Gasteiger partial charge in [-0.25, -0.2) is 0 Å². The summed E-state index contributed by atoms with van der Waals surface area (Å²) in [6.07, 6.45) is 5.47. The SMILES string of the molecule is Cc1cccc(C2CC(NC3CC(C)C3)C2)c1. The third-order valence-electron chi connectivity index (χ3n) is 4.50. The summed E-state index contributed by atoms with van der Waals surface area (Å²) in [6.45, 7) is 4.54. The molecule has 0 aromatic heterocycles. The van der Waals surface area contributed by atoms with Gasteiger partial charge < -0.3 is 5.32 Å². The zero-order valence-corrected chi connectivity index (χ0v) is 10.9. The van der Waals surface area contributed by atoms with Gasteiger partial charge in [-0.2, -0.15) is 0 Å². The average molecular weight is 229 g/mol. The summed E-state index contributed by atoms with van der Waals surface area (Å²) in [5, 5.41) is 3.80. The zero-order chi connectivity index (χ0) is 11.8. The Bertz CT molecular complexity index is 386. The van der Waals surface area contributed by atoms with Gasteiger partial charge in [0, 0.05) is 12.1 Å². The lowest BCUT2D eigenvalue weighted by Crippen LogP contribution is -2.50. The van der Waals surface area contributed by atoms with Crippen LogP contribution in [0.2, 0.25) is 0 Å². The molecule has 0 aliphatic heterocycles. The Hall–Kier alpha value is -0.820. The maximum absolute atomic E-state index is 3.80. The van der Waals surface area contributed by atoms with Gasteiger partial charge in [-0.1, -0.05) is 36.8 Å². The van der Waals surface area contributed by atoms with Gasteiger partial charge in [0.25, 0.3) is 0 Å². The molecule has 1 aromatic rings. The van der Waals surface area contributed by atoms with E-state index in [0.717, 1.165) is 23.9 Å². The van der Waals surface area contributed by atoms with Crippen LogP contribution in [-0.2, 0) is 0 Å². The first-order valence-electron chi connectivity index (χ1n) is 7.03. The van der Waals surface area contributed by atoms with E-state index in [1.54, 1.807) is 5.56 Å². The lowest BCUT2D eigenvalue weighted by atomic mass is 9.73. The summed E-state index contributed by atoms with van der Waals surface area (Å²) in [7, 11) is 0. The van der Waals surface area contributed by atoms with Crippen LogP contribution in [0.3, 0.4) is 0 Å². The van der Waals surface area contributed by atoms with Crippen LogP contribution in [-0.4, -0.2) is 12.1 Å². The molecule has 92 valence electrons. The van der Waals surface area contributed by atoms with Crippen molar-refractivity contribution in [3.63, 3.8) is 0 Å². The lowest BCUT2D eigenvalue weighted by molar-refractivity contribution is 0.177. The number of hydrogen-bond acceptors (Lipinski definition) is 1. The van der Waals surface area contributed by atoms with E-state index >= 15 is 0 Å². The minimum absolute atomic E-state index is 0.790. The first-order chi connectivity index (χ1) is 8.20. The molecule has 0 bridgehead atoms. The van der Waals surface area contributed by atoms with Crippen molar-refractivity contribution in [3.8, 4) is 0 Å². The average Bonchev–Trinajstić information content (AvgIpc) is 2.19. The highest BCUT2D eigenvalue weighted by atomic mass is 15.0. The van der Waals surface area contributed by atoms with E-state index in [4.69, 9.17) is 0 Å². The smallest absolute Gasteiger partial charge is 0.00813 e. The Morgan fingerprint density at radius 2 is 1.76 bits per heavy atom. The molecule has 1 heteroatoms.